The average molecular weight is 331 g/mol. The van der Waals surface area contributed by atoms with Gasteiger partial charge in [0.25, 0.3) is 0 Å². The van der Waals surface area contributed by atoms with Gasteiger partial charge in [-0.05, 0) is 29.3 Å². The highest BCUT2D eigenvalue weighted by Crippen LogP contribution is 2.15. The van der Waals surface area contributed by atoms with Gasteiger partial charge < -0.3 is 10.8 Å². The zero-order valence-corrected chi connectivity index (χ0v) is 12.9. The summed E-state index contributed by atoms with van der Waals surface area (Å²) in [5.74, 6) is 5.59. The first-order valence-electron chi connectivity index (χ1n) is 6.75. The van der Waals surface area contributed by atoms with E-state index in [1.807, 2.05) is 0 Å². The Balaban J connectivity index is 2.06. The highest BCUT2D eigenvalue weighted by atomic mass is 35.5. The molecule has 0 aromatic heterocycles. The van der Waals surface area contributed by atoms with Gasteiger partial charge in [-0.1, -0.05) is 53.8 Å². The van der Waals surface area contributed by atoms with Crippen molar-refractivity contribution in [2.45, 2.75) is 12.6 Å². The number of amides is 2. The van der Waals surface area contributed by atoms with E-state index >= 15 is 0 Å². The van der Waals surface area contributed by atoms with Crippen molar-refractivity contribution in [1.82, 2.24) is 5.06 Å². The quantitative estimate of drug-likeness (QED) is 0.459. The van der Waals surface area contributed by atoms with Crippen molar-refractivity contribution in [2.75, 3.05) is 0 Å². The number of carbonyl (C=O) groups is 1. The average Bonchev–Trinajstić information content (AvgIpc) is 2.53. The first-order valence-corrected chi connectivity index (χ1v) is 7.13. The highest BCUT2D eigenvalue weighted by Gasteiger charge is 2.08. The molecule has 0 fully saturated rings. The lowest BCUT2D eigenvalue weighted by molar-refractivity contribution is -0.0470. The Kier molecular flexibility index (Phi) is 5.61. The number of benzene rings is 2. The molecule has 0 saturated carbocycles. The Hall–Kier alpha value is -2.52. The van der Waals surface area contributed by atoms with Gasteiger partial charge in [-0.2, -0.15) is 0 Å². The summed E-state index contributed by atoms with van der Waals surface area (Å²) in [6.07, 6.45) is -0.954. The van der Waals surface area contributed by atoms with E-state index in [0.717, 1.165) is 0 Å². The van der Waals surface area contributed by atoms with Crippen LogP contribution in [0.4, 0.5) is 4.79 Å². The Morgan fingerprint density at radius 3 is 2.57 bits per heavy atom. The Labute approximate surface area is 138 Å². The van der Waals surface area contributed by atoms with Crippen LogP contribution in [0.2, 0.25) is 5.02 Å². The molecule has 6 heteroatoms. The third-order valence-corrected chi connectivity index (χ3v) is 3.30. The molecular formula is C17H15ClN2O3. The lowest BCUT2D eigenvalue weighted by atomic mass is 10.1. The summed E-state index contributed by atoms with van der Waals surface area (Å²) in [5.41, 5.74) is 6.93. The molecule has 0 aliphatic carbocycles. The lowest BCUT2D eigenvalue weighted by Crippen LogP contribution is -2.31. The van der Waals surface area contributed by atoms with Crippen LogP contribution >= 0.6 is 11.6 Å². The van der Waals surface area contributed by atoms with E-state index in [-0.39, 0.29) is 6.54 Å². The van der Waals surface area contributed by atoms with Crippen LogP contribution in [0.25, 0.3) is 0 Å². The van der Waals surface area contributed by atoms with Crippen molar-refractivity contribution < 1.29 is 15.1 Å². The molecule has 2 aromatic carbocycles. The van der Waals surface area contributed by atoms with E-state index in [0.29, 0.717) is 26.8 Å². The van der Waals surface area contributed by atoms with Crippen LogP contribution < -0.4 is 5.73 Å². The fourth-order valence-corrected chi connectivity index (χ4v) is 2.05. The number of hydrogen-bond acceptors (Lipinski definition) is 3. The molecule has 2 rings (SSSR count). The number of hydrogen-bond donors (Lipinski definition) is 3. The number of hydroxylamine groups is 2. The van der Waals surface area contributed by atoms with Crippen LogP contribution in [0.5, 0.6) is 0 Å². The van der Waals surface area contributed by atoms with Crippen molar-refractivity contribution >= 4 is 17.6 Å². The van der Waals surface area contributed by atoms with Crippen molar-refractivity contribution in [1.29, 1.82) is 0 Å². The minimum absolute atomic E-state index is 0.0279. The minimum atomic E-state index is -0.954. The third kappa shape index (κ3) is 5.01. The second kappa shape index (κ2) is 7.65. The third-order valence-electron chi connectivity index (χ3n) is 3.06. The van der Waals surface area contributed by atoms with Crippen LogP contribution in [0.1, 0.15) is 22.8 Å². The largest absolute Gasteiger partial charge is 0.376 e. The summed E-state index contributed by atoms with van der Waals surface area (Å²) >= 11 is 5.87. The minimum Gasteiger partial charge on any atom is -0.376 e. The summed E-state index contributed by atoms with van der Waals surface area (Å²) in [6, 6.07) is 12.8. The van der Waals surface area contributed by atoms with E-state index in [9.17, 15) is 15.1 Å². The SMILES string of the molecule is NC(=O)N(O)Cc1ccc(C(O)C#Cc2cccc(Cl)c2)cc1. The molecule has 0 heterocycles. The molecule has 2 amide bonds. The number of aliphatic hydroxyl groups is 1. The molecule has 0 saturated heterocycles. The Morgan fingerprint density at radius 1 is 1.26 bits per heavy atom. The number of primary amides is 1. The van der Waals surface area contributed by atoms with Crippen LogP contribution in [0, 0.1) is 11.8 Å². The molecule has 5 nitrogen and oxygen atoms in total. The fraction of sp³-hybridized carbons (Fsp3) is 0.118. The molecule has 0 spiro atoms. The van der Waals surface area contributed by atoms with E-state index < -0.39 is 12.1 Å². The van der Waals surface area contributed by atoms with Gasteiger partial charge in [-0.25, -0.2) is 9.86 Å². The van der Waals surface area contributed by atoms with Crippen LogP contribution in [-0.2, 0) is 6.54 Å². The smallest absolute Gasteiger partial charge is 0.338 e. The molecule has 0 aliphatic rings. The van der Waals surface area contributed by atoms with Gasteiger partial charge in [0.15, 0.2) is 0 Å². The molecule has 1 atom stereocenters. The van der Waals surface area contributed by atoms with Gasteiger partial charge in [0.1, 0.15) is 6.10 Å². The van der Waals surface area contributed by atoms with Crippen molar-refractivity contribution in [2.24, 2.45) is 5.73 Å². The highest BCUT2D eigenvalue weighted by molar-refractivity contribution is 6.30. The molecule has 118 valence electrons. The summed E-state index contributed by atoms with van der Waals surface area (Å²) in [4.78, 5) is 10.8. The standard InChI is InChI=1S/C17H15ClN2O3/c18-15-3-1-2-12(10-15)6-9-16(21)14-7-4-13(5-8-14)11-20(23)17(19)22/h1-5,7-8,10,16,21,23H,11H2,(H2,19,22). The van der Waals surface area contributed by atoms with Crippen LogP contribution in [0.3, 0.4) is 0 Å². The van der Waals surface area contributed by atoms with Gasteiger partial charge >= 0.3 is 6.03 Å². The predicted octanol–water partition coefficient (Wildman–Crippen LogP) is 2.70. The first-order chi connectivity index (χ1) is 11.0. The van der Waals surface area contributed by atoms with Gasteiger partial charge in [-0.3, -0.25) is 5.21 Å². The van der Waals surface area contributed by atoms with Crippen LogP contribution in [-0.4, -0.2) is 21.4 Å². The van der Waals surface area contributed by atoms with Gasteiger partial charge in [0, 0.05) is 10.6 Å². The van der Waals surface area contributed by atoms with Crippen molar-refractivity contribution in [3.8, 4) is 11.8 Å². The lowest BCUT2D eigenvalue weighted by Gasteiger charge is -2.12. The normalized spacial score (nSPS) is 11.3. The Morgan fingerprint density at radius 2 is 1.96 bits per heavy atom. The Bertz CT molecular complexity index is 750. The van der Waals surface area contributed by atoms with Crippen molar-refractivity contribution in [3.63, 3.8) is 0 Å². The van der Waals surface area contributed by atoms with Crippen LogP contribution in [0.15, 0.2) is 48.5 Å². The monoisotopic (exact) mass is 330 g/mol. The molecule has 0 bridgehead atoms. The molecule has 0 aliphatic heterocycles. The maximum Gasteiger partial charge on any atom is 0.338 e. The zero-order chi connectivity index (χ0) is 16.8. The summed E-state index contributed by atoms with van der Waals surface area (Å²) in [6.45, 7) is -0.0279. The molecule has 0 radical (unpaired) electrons. The number of nitrogens with two attached hydrogens (primary N) is 1. The first kappa shape index (κ1) is 16.8. The van der Waals surface area contributed by atoms with Gasteiger partial charge in [0.05, 0.1) is 6.54 Å². The number of carbonyl (C=O) groups excluding carboxylic acids is 1. The fourth-order valence-electron chi connectivity index (χ4n) is 1.86. The van der Waals surface area contributed by atoms with Crippen molar-refractivity contribution in [3.05, 3.63) is 70.2 Å². The summed E-state index contributed by atoms with van der Waals surface area (Å²) in [5, 5.41) is 20.3. The molecule has 23 heavy (non-hydrogen) atoms. The number of nitrogens with zero attached hydrogens (tertiary/aromatic N) is 1. The number of aliphatic hydroxyl groups excluding tert-OH is 1. The van der Waals surface area contributed by atoms with E-state index in [1.54, 1.807) is 48.5 Å². The number of halogens is 1. The molecule has 2 aromatic rings. The van der Waals surface area contributed by atoms with Gasteiger partial charge in [-0.15, -0.1) is 0 Å². The summed E-state index contributed by atoms with van der Waals surface area (Å²) in [7, 11) is 0. The van der Waals surface area contributed by atoms with E-state index in [1.165, 1.54) is 0 Å². The second-order valence-corrected chi connectivity index (χ2v) is 5.26. The topological polar surface area (TPSA) is 86.8 Å². The number of rotatable bonds is 3. The van der Waals surface area contributed by atoms with E-state index in [4.69, 9.17) is 17.3 Å². The molecule has 4 N–H and O–H groups in total. The van der Waals surface area contributed by atoms with Gasteiger partial charge in [0.2, 0.25) is 0 Å². The maximum absolute atomic E-state index is 10.8. The predicted molar refractivity (Wildman–Crippen MR) is 86.6 cm³/mol. The molecule has 1 unspecified atom stereocenters. The molecular weight excluding hydrogens is 316 g/mol. The summed E-state index contributed by atoms with van der Waals surface area (Å²) < 4.78 is 0. The zero-order valence-electron chi connectivity index (χ0n) is 12.1. The second-order valence-electron chi connectivity index (χ2n) is 4.82. The maximum atomic E-state index is 10.8. The number of urea groups is 1. The van der Waals surface area contributed by atoms with E-state index in [2.05, 4.69) is 11.8 Å².